The highest BCUT2D eigenvalue weighted by atomic mass is 16.3. The molecule has 6 nitrogen and oxygen atoms in total. The lowest BCUT2D eigenvalue weighted by molar-refractivity contribution is 0.0994. The van der Waals surface area contributed by atoms with Gasteiger partial charge < -0.3 is 10.8 Å². The van der Waals surface area contributed by atoms with Gasteiger partial charge in [-0.2, -0.15) is 5.10 Å². The number of nitrogens with zero attached hydrogens (tertiary/aromatic N) is 3. The Balaban J connectivity index is 2.57. The van der Waals surface area contributed by atoms with Gasteiger partial charge in [0.1, 0.15) is 5.69 Å². The first-order valence-electron chi connectivity index (χ1n) is 5.08. The minimum Gasteiger partial charge on any atom is -0.387 e. The van der Waals surface area contributed by atoms with Crippen LogP contribution >= 0.6 is 0 Å². The number of amides is 1. The lowest BCUT2D eigenvalue weighted by Crippen LogP contribution is -2.16. The Morgan fingerprint density at radius 3 is 2.82 bits per heavy atom. The zero-order valence-corrected chi connectivity index (χ0v) is 9.24. The summed E-state index contributed by atoms with van der Waals surface area (Å²) in [4.78, 5) is 15.1. The average Bonchev–Trinajstić information content (AvgIpc) is 2.81. The van der Waals surface area contributed by atoms with Crippen LogP contribution in [-0.2, 0) is 0 Å². The van der Waals surface area contributed by atoms with Crippen LogP contribution in [0, 0.1) is 0 Å². The SMILES string of the molecule is CC(O)c1nc(C(N)=O)ccc1-n1cccn1. The monoisotopic (exact) mass is 232 g/mol. The smallest absolute Gasteiger partial charge is 0.267 e. The predicted octanol–water partition coefficient (Wildman–Crippen LogP) is 0.420. The van der Waals surface area contributed by atoms with Crippen molar-refractivity contribution in [3.05, 3.63) is 42.0 Å². The van der Waals surface area contributed by atoms with E-state index in [4.69, 9.17) is 5.73 Å². The van der Waals surface area contributed by atoms with Crippen molar-refractivity contribution in [1.29, 1.82) is 0 Å². The molecule has 2 aromatic heterocycles. The van der Waals surface area contributed by atoms with E-state index >= 15 is 0 Å². The molecule has 0 aromatic carbocycles. The Bertz CT molecular complexity index is 534. The summed E-state index contributed by atoms with van der Waals surface area (Å²) in [5.74, 6) is -0.626. The highest BCUT2D eigenvalue weighted by Crippen LogP contribution is 2.19. The van der Waals surface area contributed by atoms with Crippen molar-refractivity contribution in [3.8, 4) is 5.69 Å². The molecule has 0 radical (unpaired) electrons. The second-order valence-corrected chi connectivity index (χ2v) is 3.59. The van der Waals surface area contributed by atoms with Crippen LogP contribution < -0.4 is 5.73 Å². The highest BCUT2D eigenvalue weighted by molar-refractivity contribution is 5.90. The van der Waals surface area contributed by atoms with Crippen LogP contribution in [0.15, 0.2) is 30.6 Å². The molecule has 0 aliphatic carbocycles. The first-order chi connectivity index (χ1) is 8.09. The number of aromatic nitrogens is 3. The number of carbonyl (C=O) groups excluding carboxylic acids is 1. The molecule has 0 saturated heterocycles. The molecule has 2 rings (SSSR count). The van der Waals surface area contributed by atoms with Gasteiger partial charge in [0.2, 0.25) is 0 Å². The fraction of sp³-hybridized carbons (Fsp3) is 0.182. The molecule has 0 bridgehead atoms. The molecule has 0 fully saturated rings. The fourth-order valence-electron chi connectivity index (χ4n) is 1.52. The number of aliphatic hydroxyl groups excluding tert-OH is 1. The quantitative estimate of drug-likeness (QED) is 0.801. The van der Waals surface area contributed by atoms with Crippen LogP contribution in [0.3, 0.4) is 0 Å². The third kappa shape index (κ3) is 2.16. The molecule has 17 heavy (non-hydrogen) atoms. The first kappa shape index (κ1) is 11.3. The van der Waals surface area contributed by atoms with Crippen LogP contribution in [-0.4, -0.2) is 25.8 Å². The van der Waals surface area contributed by atoms with Gasteiger partial charge in [-0.25, -0.2) is 9.67 Å². The number of carbonyl (C=O) groups is 1. The van der Waals surface area contributed by atoms with E-state index in [-0.39, 0.29) is 5.69 Å². The Morgan fingerprint density at radius 1 is 1.53 bits per heavy atom. The average molecular weight is 232 g/mol. The normalized spacial score (nSPS) is 12.4. The Labute approximate surface area is 97.7 Å². The molecule has 1 atom stereocenters. The number of pyridine rings is 1. The van der Waals surface area contributed by atoms with Gasteiger partial charge in [0, 0.05) is 12.4 Å². The van der Waals surface area contributed by atoms with Crippen LogP contribution in [0.2, 0.25) is 0 Å². The maximum Gasteiger partial charge on any atom is 0.267 e. The Morgan fingerprint density at radius 2 is 2.29 bits per heavy atom. The highest BCUT2D eigenvalue weighted by Gasteiger charge is 2.14. The number of primary amides is 1. The largest absolute Gasteiger partial charge is 0.387 e. The first-order valence-corrected chi connectivity index (χ1v) is 5.08. The second-order valence-electron chi connectivity index (χ2n) is 3.59. The number of hydrogen-bond donors (Lipinski definition) is 2. The summed E-state index contributed by atoms with van der Waals surface area (Å²) in [5, 5.41) is 13.7. The summed E-state index contributed by atoms with van der Waals surface area (Å²) in [6, 6.07) is 4.92. The maximum atomic E-state index is 11.0. The molecule has 2 aromatic rings. The summed E-state index contributed by atoms with van der Waals surface area (Å²) in [6.07, 6.45) is 2.54. The molecule has 1 amide bonds. The number of aliphatic hydroxyl groups is 1. The van der Waals surface area contributed by atoms with E-state index in [0.717, 1.165) is 0 Å². The van der Waals surface area contributed by atoms with Gasteiger partial charge in [0.25, 0.3) is 5.91 Å². The van der Waals surface area contributed by atoms with Crippen LogP contribution in [0.5, 0.6) is 0 Å². The molecule has 3 N–H and O–H groups in total. The molecule has 0 saturated carbocycles. The summed E-state index contributed by atoms with van der Waals surface area (Å²) >= 11 is 0. The number of nitrogens with two attached hydrogens (primary N) is 1. The molecule has 6 heteroatoms. The molecule has 0 aliphatic heterocycles. The summed E-state index contributed by atoms with van der Waals surface area (Å²) < 4.78 is 1.57. The van der Waals surface area contributed by atoms with Gasteiger partial charge in [-0.05, 0) is 25.1 Å². The van der Waals surface area contributed by atoms with Crippen LogP contribution in [0.25, 0.3) is 5.69 Å². The molecular weight excluding hydrogens is 220 g/mol. The van der Waals surface area contributed by atoms with Crippen molar-refractivity contribution in [2.75, 3.05) is 0 Å². The van der Waals surface area contributed by atoms with E-state index in [9.17, 15) is 9.90 Å². The summed E-state index contributed by atoms with van der Waals surface area (Å²) in [6.45, 7) is 1.57. The van der Waals surface area contributed by atoms with E-state index in [1.54, 1.807) is 36.1 Å². The van der Waals surface area contributed by atoms with Crippen molar-refractivity contribution < 1.29 is 9.90 Å². The zero-order chi connectivity index (χ0) is 12.4. The van der Waals surface area contributed by atoms with Gasteiger partial charge in [-0.15, -0.1) is 0 Å². The second kappa shape index (κ2) is 4.34. The lowest BCUT2D eigenvalue weighted by atomic mass is 10.2. The molecule has 0 aliphatic rings. The topological polar surface area (TPSA) is 94.0 Å². The van der Waals surface area contributed by atoms with Crippen molar-refractivity contribution >= 4 is 5.91 Å². The Kier molecular flexibility index (Phi) is 2.88. The maximum absolute atomic E-state index is 11.0. The van der Waals surface area contributed by atoms with Crippen molar-refractivity contribution in [3.63, 3.8) is 0 Å². The van der Waals surface area contributed by atoms with Crippen LogP contribution in [0.1, 0.15) is 29.2 Å². The molecule has 2 heterocycles. The van der Waals surface area contributed by atoms with E-state index in [0.29, 0.717) is 11.4 Å². The van der Waals surface area contributed by atoms with E-state index in [2.05, 4.69) is 10.1 Å². The van der Waals surface area contributed by atoms with Gasteiger partial charge in [-0.1, -0.05) is 0 Å². The molecule has 1 unspecified atom stereocenters. The Hall–Kier alpha value is -2.21. The van der Waals surface area contributed by atoms with Gasteiger partial charge >= 0.3 is 0 Å². The standard InChI is InChI=1S/C11H12N4O2/c1-7(16)10-9(15-6-2-5-13-15)4-3-8(14-10)11(12)17/h2-7,16H,1H3,(H2,12,17). The fourth-order valence-corrected chi connectivity index (χ4v) is 1.52. The third-order valence-electron chi connectivity index (χ3n) is 2.30. The van der Waals surface area contributed by atoms with Crippen molar-refractivity contribution in [1.82, 2.24) is 14.8 Å². The van der Waals surface area contributed by atoms with E-state index in [1.165, 1.54) is 6.07 Å². The molecular formula is C11H12N4O2. The predicted molar refractivity (Wildman–Crippen MR) is 60.5 cm³/mol. The summed E-state index contributed by atoms with van der Waals surface area (Å²) in [7, 11) is 0. The minimum absolute atomic E-state index is 0.122. The van der Waals surface area contributed by atoms with Crippen LogP contribution in [0.4, 0.5) is 0 Å². The van der Waals surface area contributed by atoms with Gasteiger partial charge in [-0.3, -0.25) is 4.79 Å². The number of rotatable bonds is 3. The molecule has 0 spiro atoms. The summed E-state index contributed by atoms with van der Waals surface area (Å²) in [5.41, 5.74) is 6.25. The minimum atomic E-state index is -0.812. The molecule has 88 valence electrons. The van der Waals surface area contributed by atoms with Gasteiger partial charge in [0.15, 0.2) is 0 Å². The zero-order valence-electron chi connectivity index (χ0n) is 9.24. The van der Waals surface area contributed by atoms with E-state index < -0.39 is 12.0 Å². The van der Waals surface area contributed by atoms with Gasteiger partial charge in [0.05, 0.1) is 17.5 Å². The third-order valence-corrected chi connectivity index (χ3v) is 2.30. The lowest BCUT2D eigenvalue weighted by Gasteiger charge is -2.11. The van der Waals surface area contributed by atoms with Crippen molar-refractivity contribution in [2.24, 2.45) is 5.73 Å². The van der Waals surface area contributed by atoms with E-state index in [1.807, 2.05) is 0 Å². The number of hydrogen-bond acceptors (Lipinski definition) is 4. The van der Waals surface area contributed by atoms with Crippen molar-refractivity contribution in [2.45, 2.75) is 13.0 Å².